The molecule has 2 rings (SSSR count). The van der Waals surface area contributed by atoms with Crippen molar-refractivity contribution >= 4 is 11.6 Å². The van der Waals surface area contributed by atoms with Gasteiger partial charge in [-0.3, -0.25) is 4.68 Å². The van der Waals surface area contributed by atoms with Crippen LogP contribution in [-0.2, 0) is 19.9 Å². The number of halogens is 1. The predicted molar refractivity (Wildman–Crippen MR) is 76.6 cm³/mol. The Balaban J connectivity index is 2.01. The maximum atomic E-state index is 6.17. The van der Waals surface area contributed by atoms with Crippen LogP contribution >= 0.6 is 11.6 Å². The molecule has 0 amide bonds. The zero-order valence-electron chi connectivity index (χ0n) is 11.0. The number of hydrogen-bond donors (Lipinski definition) is 1. The summed E-state index contributed by atoms with van der Waals surface area (Å²) in [7, 11) is 1.92. The van der Waals surface area contributed by atoms with Crippen molar-refractivity contribution in [2.75, 3.05) is 13.2 Å². The molecule has 0 spiro atoms. The summed E-state index contributed by atoms with van der Waals surface area (Å²) in [5.41, 5.74) is 7.78. The highest BCUT2D eigenvalue weighted by Gasteiger charge is 2.08. The Labute approximate surface area is 118 Å². The molecular formula is C14H18ClN3O. The van der Waals surface area contributed by atoms with E-state index in [-0.39, 0.29) is 0 Å². The summed E-state index contributed by atoms with van der Waals surface area (Å²) in [6.45, 7) is 1.15. The molecule has 19 heavy (non-hydrogen) atoms. The van der Waals surface area contributed by atoms with Crippen LogP contribution in [0.2, 0.25) is 5.02 Å². The van der Waals surface area contributed by atoms with E-state index >= 15 is 0 Å². The highest BCUT2D eigenvalue weighted by molar-refractivity contribution is 6.32. The molecule has 0 unspecified atom stereocenters. The summed E-state index contributed by atoms with van der Waals surface area (Å²) in [6, 6.07) is 7.73. The lowest BCUT2D eigenvalue weighted by atomic mass is 10.1. The highest BCUT2D eigenvalue weighted by atomic mass is 35.5. The Morgan fingerprint density at radius 2 is 2.16 bits per heavy atom. The van der Waals surface area contributed by atoms with Gasteiger partial charge in [0, 0.05) is 25.4 Å². The summed E-state index contributed by atoms with van der Waals surface area (Å²) in [5.74, 6) is 0.747. The van der Waals surface area contributed by atoms with E-state index in [9.17, 15) is 0 Å². The molecule has 0 bridgehead atoms. The van der Waals surface area contributed by atoms with Crippen molar-refractivity contribution in [2.45, 2.75) is 12.8 Å². The molecule has 0 radical (unpaired) electrons. The second kappa shape index (κ2) is 6.59. The Kier molecular flexibility index (Phi) is 4.82. The van der Waals surface area contributed by atoms with Crippen molar-refractivity contribution < 1.29 is 4.74 Å². The van der Waals surface area contributed by atoms with Crippen LogP contribution in [0, 0.1) is 0 Å². The Bertz CT molecular complexity index is 539. The predicted octanol–water partition coefficient (Wildman–Crippen LogP) is 2.20. The van der Waals surface area contributed by atoms with Crippen LogP contribution in [0.1, 0.15) is 11.3 Å². The Morgan fingerprint density at radius 3 is 2.84 bits per heavy atom. The van der Waals surface area contributed by atoms with Crippen LogP contribution < -0.4 is 10.5 Å². The average Bonchev–Trinajstić information content (AvgIpc) is 2.79. The quantitative estimate of drug-likeness (QED) is 0.882. The van der Waals surface area contributed by atoms with Crippen molar-refractivity contribution in [3.8, 4) is 5.75 Å². The molecule has 1 heterocycles. The first kappa shape index (κ1) is 13.9. The maximum absolute atomic E-state index is 6.17. The van der Waals surface area contributed by atoms with Crippen molar-refractivity contribution in [3.63, 3.8) is 0 Å². The molecule has 5 heteroatoms. The van der Waals surface area contributed by atoms with Crippen molar-refractivity contribution in [1.29, 1.82) is 0 Å². The minimum Gasteiger partial charge on any atom is -0.491 e. The third-order valence-electron chi connectivity index (χ3n) is 2.99. The van der Waals surface area contributed by atoms with Gasteiger partial charge in [-0.05, 0) is 30.7 Å². The summed E-state index contributed by atoms with van der Waals surface area (Å²) < 4.78 is 7.66. The number of nitrogens with zero attached hydrogens (tertiary/aromatic N) is 2. The summed E-state index contributed by atoms with van der Waals surface area (Å²) in [5, 5.41) is 4.76. The summed E-state index contributed by atoms with van der Waals surface area (Å²) in [6.07, 6.45) is 3.34. The largest absolute Gasteiger partial charge is 0.491 e. The minimum atomic E-state index is 0.570. The molecule has 0 aliphatic heterocycles. The van der Waals surface area contributed by atoms with Crippen molar-refractivity contribution in [1.82, 2.24) is 9.78 Å². The standard InChI is InChI=1S/C14H18ClN3O/c1-18-12(6-9-17-18)7-10-19-14-11(5-8-16)3-2-4-13(14)15/h2-4,6,9H,5,7-8,10,16H2,1H3. The number of benzene rings is 1. The molecule has 2 aromatic rings. The molecule has 0 saturated heterocycles. The van der Waals surface area contributed by atoms with Crippen molar-refractivity contribution in [2.24, 2.45) is 12.8 Å². The maximum Gasteiger partial charge on any atom is 0.141 e. The number of rotatable bonds is 6. The molecule has 0 aliphatic rings. The third kappa shape index (κ3) is 3.49. The van der Waals surface area contributed by atoms with E-state index in [2.05, 4.69) is 5.10 Å². The Hall–Kier alpha value is -1.52. The van der Waals surface area contributed by atoms with E-state index in [0.717, 1.165) is 29.8 Å². The lowest BCUT2D eigenvalue weighted by molar-refractivity contribution is 0.315. The molecule has 102 valence electrons. The summed E-state index contributed by atoms with van der Waals surface area (Å²) in [4.78, 5) is 0. The third-order valence-corrected chi connectivity index (χ3v) is 3.29. The number of hydrogen-bond acceptors (Lipinski definition) is 3. The lowest BCUT2D eigenvalue weighted by Gasteiger charge is -2.12. The van der Waals surface area contributed by atoms with Gasteiger partial charge in [0.1, 0.15) is 5.75 Å². The number of nitrogens with two attached hydrogens (primary N) is 1. The molecular weight excluding hydrogens is 262 g/mol. The number of aryl methyl sites for hydroxylation is 1. The van der Waals surface area contributed by atoms with Gasteiger partial charge >= 0.3 is 0 Å². The van der Waals surface area contributed by atoms with Crippen LogP contribution in [0.5, 0.6) is 5.75 Å². The fraction of sp³-hybridized carbons (Fsp3) is 0.357. The van der Waals surface area contributed by atoms with E-state index in [1.165, 1.54) is 0 Å². The van der Waals surface area contributed by atoms with Gasteiger partial charge in [-0.25, -0.2) is 0 Å². The molecule has 0 saturated carbocycles. The lowest BCUT2D eigenvalue weighted by Crippen LogP contribution is -2.09. The van der Waals surface area contributed by atoms with Gasteiger partial charge in [0.15, 0.2) is 0 Å². The fourth-order valence-electron chi connectivity index (χ4n) is 1.97. The monoisotopic (exact) mass is 279 g/mol. The van der Waals surface area contributed by atoms with Crippen molar-refractivity contribution in [3.05, 3.63) is 46.7 Å². The average molecular weight is 280 g/mol. The van der Waals surface area contributed by atoms with Crippen LogP contribution in [0.4, 0.5) is 0 Å². The van der Waals surface area contributed by atoms with E-state index < -0.39 is 0 Å². The van der Waals surface area contributed by atoms with Crippen LogP contribution in [0.15, 0.2) is 30.5 Å². The number of para-hydroxylation sites is 1. The second-order valence-electron chi connectivity index (χ2n) is 4.31. The molecule has 0 aliphatic carbocycles. The van der Waals surface area contributed by atoms with E-state index in [4.69, 9.17) is 22.1 Å². The normalized spacial score (nSPS) is 10.7. The fourth-order valence-corrected chi connectivity index (χ4v) is 2.22. The zero-order valence-corrected chi connectivity index (χ0v) is 11.7. The molecule has 0 fully saturated rings. The van der Waals surface area contributed by atoms with Gasteiger partial charge in [0.05, 0.1) is 11.6 Å². The van der Waals surface area contributed by atoms with Gasteiger partial charge in [-0.2, -0.15) is 5.10 Å². The van der Waals surface area contributed by atoms with Gasteiger partial charge < -0.3 is 10.5 Å². The van der Waals surface area contributed by atoms with E-state index in [1.807, 2.05) is 36.0 Å². The molecule has 4 nitrogen and oxygen atoms in total. The van der Waals surface area contributed by atoms with Crippen LogP contribution in [-0.4, -0.2) is 22.9 Å². The first-order valence-corrected chi connectivity index (χ1v) is 6.67. The highest BCUT2D eigenvalue weighted by Crippen LogP contribution is 2.29. The molecule has 1 aromatic heterocycles. The van der Waals surface area contributed by atoms with Gasteiger partial charge in [0.25, 0.3) is 0 Å². The van der Waals surface area contributed by atoms with Gasteiger partial charge in [-0.1, -0.05) is 23.7 Å². The van der Waals surface area contributed by atoms with Gasteiger partial charge in [0.2, 0.25) is 0 Å². The first-order valence-electron chi connectivity index (χ1n) is 6.29. The number of aromatic nitrogens is 2. The molecule has 0 atom stereocenters. The van der Waals surface area contributed by atoms with E-state index in [0.29, 0.717) is 18.2 Å². The first-order chi connectivity index (χ1) is 9.22. The molecule has 2 N–H and O–H groups in total. The van der Waals surface area contributed by atoms with E-state index in [1.54, 1.807) is 6.20 Å². The molecule has 1 aromatic carbocycles. The number of ether oxygens (including phenoxy) is 1. The van der Waals surface area contributed by atoms with Gasteiger partial charge in [-0.15, -0.1) is 0 Å². The minimum absolute atomic E-state index is 0.570. The SMILES string of the molecule is Cn1nccc1CCOc1c(Cl)cccc1CCN. The van der Waals surface area contributed by atoms with Crippen LogP contribution in [0.25, 0.3) is 0 Å². The van der Waals surface area contributed by atoms with Crippen LogP contribution in [0.3, 0.4) is 0 Å². The topological polar surface area (TPSA) is 53.1 Å². The zero-order chi connectivity index (χ0) is 13.7. The summed E-state index contributed by atoms with van der Waals surface area (Å²) >= 11 is 6.17. The second-order valence-corrected chi connectivity index (χ2v) is 4.72. The smallest absolute Gasteiger partial charge is 0.141 e. The Morgan fingerprint density at radius 1 is 1.32 bits per heavy atom.